The van der Waals surface area contributed by atoms with Gasteiger partial charge in [0.05, 0.1) is 12.0 Å². The minimum Gasteiger partial charge on any atom is -0.481 e. The summed E-state index contributed by atoms with van der Waals surface area (Å²) >= 11 is 0. The summed E-state index contributed by atoms with van der Waals surface area (Å²) in [5.41, 5.74) is 5.74. The van der Waals surface area contributed by atoms with Crippen LogP contribution in [0.3, 0.4) is 0 Å². The summed E-state index contributed by atoms with van der Waals surface area (Å²) in [4.78, 5) is 24.3. The number of carbonyl (C=O) groups is 2. The number of likely N-dealkylation sites (tertiary alicyclic amines) is 1. The second-order valence-corrected chi connectivity index (χ2v) is 4.36. The number of aliphatic carboxylic acids is 1. The number of carboxylic acids is 1. The Bertz CT molecular complexity index is 268. The molecule has 1 rings (SSSR count). The van der Waals surface area contributed by atoms with E-state index < -0.39 is 17.9 Å². The molecule has 92 valence electrons. The van der Waals surface area contributed by atoms with E-state index in [4.69, 9.17) is 10.8 Å². The summed E-state index contributed by atoms with van der Waals surface area (Å²) in [6.45, 7) is 2.93. The minimum atomic E-state index is -0.818. The van der Waals surface area contributed by atoms with Gasteiger partial charge in [0, 0.05) is 13.1 Å². The molecular formula is C11H20N2O3. The van der Waals surface area contributed by atoms with Gasteiger partial charge in [0.25, 0.3) is 0 Å². The van der Waals surface area contributed by atoms with Gasteiger partial charge in [-0.05, 0) is 19.3 Å². The van der Waals surface area contributed by atoms with Gasteiger partial charge in [0.15, 0.2) is 0 Å². The predicted octanol–water partition coefficient (Wildman–Crippen LogP) is 0.437. The number of nitrogens with zero attached hydrogens (tertiary/aromatic N) is 1. The lowest BCUT2D eigenvalue weighted by molar-refractivity contribution is -0.146. The van der Waals surface area contributed by atoms with Crippen molar-refractivity contribution in [3.63, 3.8) is 0 Å². The molecule has 0 spiro atoms. The lowest BCUT2D eigenvalue weighted by atomic mass is 9.97. The summed E-state index contributed by atoms with van der Waals surface area (Å²) in [6, 6.07) is -0.474. The predicted molar refractivity (Wildman–Crippen MR) is 59.8 cm³/mol. The Morgan fingerprint density at radius 2 is 2.25 bits per heavy atom. The zero-order valence-corrected chi connectivity index (χ0v) is 9.69. The van der Waals surface area contributed by atoms with Gasteiger partial charge in [-0.3, -0.25) is 9.59 Å². The highest BCUT2D eigenvalue weighted by molar-refractivity contribution is 5.82. The highest BCUT2D eigenvalue weighted by Crippen LogP contribution is 2.17. The number of hydrogen-bond acceptors (Lipinski definition) is 3. The SMILES string of the molecule is CCCC(N)C(=O)N1CCCC(C(=O)O)C1. The van der Waals surface area contributed by atoms with Crippen LogP contribution in [0.1, 0.15) is 32.6 Å². The normalized spacial score (nSPS) is 22.9. The van der Waals surface area contributed by atoms with Crippen LogP contribution in [-0.4, -0.2) is 41.0 Å². The molecule has 0 saturated carbocycles. The van der Waals surface area contributed by atoms with Crippen molar-refractivity contribution in [2.24, 2.45) is 11.7 Å². The van der Waals surface area contributed by atoms with Crippen LogP contribution in [0.4, 0.5) is 0 Å². The van der Waals surface area contributed by atoms with E-state index in [1.165, 1.54) is 0 Å². The third-order valence-corrected chi connectivity index (χ3v) is 3.00. The third-order valence-electron chi connectivity index (χ3n) is 3.00. The average Bonchev–Trinajstić information content (AvgIpc) is 2.28. The van der Waals surface area contributed by atoms with E-state index in [2.05, 4.69) is 0 Å². The van der Waals surface area contributed by atoms with E-state index in [1.807, 2.05) is 6.92 Å². The van der Waals surface area contributed by atoms with Gasteiger partial charge in [-0.1, -0.05) is 13.3 Å². The van der Waals surface area contributed by atoms with Crippen molar-refractivity contribution in [2.75, 3.05) is 13.1 Å². The second kappa shape index (κ2) is 5.84. The lowest BCUT2D eigenvalue weighted by Crippen LogP contribution is -2.49. The molecule has 1 fully saturated rings. The van der Waals surface area contributed by atoms with E-state index in [9.17, 15) is 9.59 Å². The van der Waals surface area contributed by atoms with E-state index >= 15 is 0 Å². The fraction of sp³-hybridized carbons (Fsp3) is 0.818. The molecule has 1 aliphatic rings. The quantitative estimate of drug-likeness (QED) is 0.731. The number of hydrogen-bond donors (Lipinski definition) is 2. The molecule has 1 heterocycles. The van der Waals surface area contributed by atoms with Crippen molar-refractivity contribution in [1.82, 2.24) is 4.90 Å². The van der Waals surface area contributed by atoms with E-state index in [0.717, 1.165) is 12.8 Å². The van der Waals surface area contributed by atoms with Crippen molar-refractivity contribution in [2.45, 2.75) is 38.6 Å². The Morgan fingerprint density at radius 3 is 2.81 bits per heavy atom. The Morgan fingerprint density at radius 1 is 1.56 bits per heavy atom. The molecule has 0 aromatic carbocycles. The average molecular weight is 228 g/mol. The fourth-order valence-corrected chi connectivity index (χ4v) is 2.05. The van der Waals surface area contributed by atoms with Crippen molar-refractivity contribution in [3.05, 3.63) is 0 Å². The standard InChI is InChI=1S/C11H20N2O3/c1-2-4-9(12)10(14)13-6-3-5-8(7-13)11(15)16/h8-9H,2-7,12H2,1H3,(H,15,16). The topological polar surface area (TPSA) is 83.6 Å². The second-order valence-electron chi connectivity index (χ2n) is 4.36. The van der Waals surface area contributed by atoms with Crippen LogP contribution in [0.15, 0.2) is 0 Å². The van der Waals surface area contributed by atoms with Gasteiger partial charge in [0.2, 0.25) is 5.91 Å². The molecule has 0 aromatic rings. The number of amides is 1. The highest BCUT2D eigenvalue weighted by atomic mass is 16.4. The zero-order chi connectivity index (χ0) is 12.1. The molecule has 1 amide bonds. The monoisotopic (exact) mass is 228 g/mol. The fourth-order valence-electron chi connectivity index (χ4n) is 2.05. The Kier molecular flexibility index (Phi) is 4.73. The number of carboxylic acid groups (broad SMARTS) is 1. The smallest absolute Gasteiger partial charge is 0.308 e. The highest BCUT2D eigenvalue weighted by Gasteiger charge is 2.29. The van der Waals surface area contributed by atoms with E-state index in [1.54, 1.807) is 4.90 Å². The van der Waals surface area contributed by atoms with Crippen LogP contribution in [0.2, 0.25) is 0 Å². The number of piperidine rings is 1. The van der Waals surface area contributed by atoms with Crippen molar-refractivity contribution in [1.29, 1.82) is 0 Å². The van der Waals surface area contributed by atoms with Crippen molar-refractivity contribution < 1.29 is 14.7 Å². The molecule has 16 heavy (non-hydrogen) atoms. The van der Waals surface area contributed by atoms with Gasteiger partial charge >= 0.3 is 5.97 Å². The first kappa shape index (κ1) is 13.0. The Hall–Kier alpha value is -1.10. The van der Waals surface area contributed by atoms with Gasteiger partial charge in [0.1, 0.15) is 0 Å². The molecule has 2 atom stereocenters. The van der Waals surface area contributed by atoms with Gasteiger partial charge in [-0.25, -0.2) is 0 Å². The summed E-state index contributed by atoms with van der Waals surface area (Å²) < 4.78 is 0. The van der Waals surface area contributed by atoms with Crippen LogP contribution >= 0.6 is 0 Å². The van der Waals surface area contributed by atoms with Gasteiger partial charge in [-0.15, -0.1) is 0 Å². The van der Waals surface area contributed by atoms with Crippen molar-refractivity contribution in [3.8, 4) is 0 Å². The zero-order valence-electron chi connectivity index (χ0n) is 9.69. The number of carbonyl (C=O) groups excluding carboxylic acids is 1. The van der Waals surface area contributed by atoms with Crippen LogP contribution in [0.5, 0.6) is 0 Å². The molecule has 0 radical (unpaired) electrons. The van der Waals surface area contributed by atoms with Crippen LogP contribution in [0.25, 0.3) is 0 Å². The number of nitrogens with two attached hydrogens (primary N) is 1. The molecule has 3 N–H and O–H groups in total. The maximum absolute atomic E-state index is 11.9. The molecule has 2 unspecified atom stereocenters. The first-order valence-corrected chi connectivity index (χ1v) is 5.83. The molecule has 5 heteroatoms. The number of rotatable bonds is 4. The summed E-state index contributed by atoms with van der Waals surface area (Å²) in [5.74, 6) is -1.35. The van der Waals surface area contributed by atoms with Gasteiger partial charge in [-0.2, -0.15) is 0 Å². The molecule has 1 saturated heterocycles. The molecule has 0 aromatic heterocycles. The first-order valence-electron chi connectivity index (χ1n) is 5.83. The van der Waals surface area contributed by atoms with E-state index in [-0.39, 0.29) is 5.91 Å². The Balaban J connectivity index is 2.53. The summed E-state index contributed by atoms with van der Waals surface area (Å²) in [7, 11) is 0. The van der Waals surface area contributed by atoms with Gasteiger partial charge < -0.3 is 15.7 Å². The summed E-state index contributed by atoms with van der Waals surface area (Å²) in [6.07, 6.45) is 2.93. The lowest BCUT2D eigenvalue weighted by Gasteiger charge is -2.32. The maximum atomic E-state index is 11.9. The Labute approximate surface area is 95.6 Å². The molecule has 0 bridgehead atoms. The molecule has 5 nitrogen and oxygen atoms in total. The third kappa shape index (κ3) is 3.20. The molecule has 1 aliphatic heterocycles. The van der Waals surface area contributed by atoms with E-state index in [0.29, 0.717) is 25.9 Å². The van der Waals surface area contributed by atoms with Crippen molar-refractivity contribution >= 4 is 11.9 Å². The first-order chi connectivity index (χ1) is 7.56. The minimum absolute atomic E-state index is 0.104. The molecule has 0 aliphatic carbocycles. The van der Waals surface area contributed by atoms with Crippen LogP contribution in [0, 0.1) is 5.92 Å². The summed E-state index contributed by atoms with van der Waals surface area (Å²) in [5, 5.41) is 8.91. The maximum Gasteiger partial charge on any atom is 0.308 e. The largest absolute Gasteiger partial charge is 0.481 e. The molecular weight excluding hydrogens is 208 g/mol. The van der Waals surface area contributed by atoms with Crippen LogP contribution < -0.4 is 5.73 Å². The van der Waals surface area contributed by atoms with Crippen LogP contribution in [-0.2, 0) is 9.59 Å².